The van der Waals surface area contributed by atoms with Crippen LogP contribution in [0.15, 0.2) is 18.2 Å². The van der Waals surface area contributed by atoms with Gasteiger partial charge in [-0.05, 0) is 26.8 Å². The number of thiazole rings is 1. The van der Waals surface area contributed by atoms with Gasteiger partial charge in [-0.3, -0.25) is 14.9 Å². The number of Topliss-reactive ketones (excluding diaryl/α,β-unsaturated/α-hetero) is 1. The van der Waals surface area contributed by atoms with E-state index in [1.165, 1.54) is 18.4 Å². The Morgan fingerprint density at radius 1 is 1.32 bits per heavy atom. The number of esters is 1. The van der Waals surface area contributed by atoms with Crippen molar-refractivity contribution < 1.29 is 28.6 Å². The lowest BCUT2D eigenvalue weighted by Gasteiger charge is -2.26. The fourth-order valence-electron chi connectivity index (χ4n) is 2.90. The number of hydrogen-bond acceptors (Lipinski definition) is 8. The molecule has 0 radical (unpaired) electrons. The summed E-state index contributed by atoms with van der Waals surface area (Å²) in [5.41, 5.74) is 0.772. The lowest BCUT2D eigenvalue weighted by atomic mass is 9.93. The maximum Gasteiger partial charge on any atom is 0.413 e. The second-order valence-electron chi connectivity index (χ2n) is 7.41. The van der Waals surface area contributed by atoms with Gasteiger partial charge in [0.15, 0.2) is 10.9 Å². The molecule has 1 saturated heterocycles. The maximum absolute atomic E-state index is 12.3. The van der Waals surface area contributed by atoms with E-state index >= 15 is 0 Å². The standard InChI is InChI=1S/C19H22N2O6S/c1-19(2,3)27-18(24)21-17-20-15-10(6-5-7-14(15)28-17)13-8-12(22)11(9-26-13)16(23)25-4/h5-7,11,13H,8-9H2,1-4H3,(H,20,21,24). The van der Waals surface area contributed by atoms with Gasteiger partial charge in [-0.1, -0.05) is 23.5 Å². The molecule has 2 aromatic rings. The molecule has 9 heteroatoms. The first-order chi connectivity index (χ1) is 13.2. The lowest BCUT2D eigenvalue weighted by molar-refractivity contribution is -0.158. The Bertz CT molecular complexity index is 917. The summed E-state index contributed by atoms with van der Waals surface area (Å²) in [5, 5.41) is 3.03. The van der Waals surface area contributed by atoms with E-state index in [-0.39, 0.29) is 18.8 Å². The van der Waals surface area contributed by atoms with Crippen molar-refractivity contribution in [3.05, 3.63) is 23.8 Å². The van der Waals surface area contributed by atoms with Crippen LogP contribution in [0.4, 0.5) is 9.93 Å². The summed E-state index contributed by atoms with van der Waals surface area (Å²) >= 11 is 1.30. The molecule has 0 bridgehead atoms. The quantitative estimate of drug-likeness (QED) is 0.615. The Hall–Kier alpha value is -2.52. The highest BCUT2D eigenvalue weighted by Gasteiger charge is 2.36. The molecular weight excluding hydrogens is 384 g/mol. The Morgan fingerprint density at radius 3 is 2.71 bits per heavy atom. The van der Waals surface area contributed by atoms with Crippen LogP contribution in [0.3, 0.4) is 0 Å². The summed E-state index contributed by atoms with van der Waals surface area (Å²) < 4.78 is 16.5. The van der Waals surface area contributed by atoms with E-state index in [9.17, 15) is 14.4 Å². The third-order valence-corrected chi connectivity index (χ3v) is 5.07. The molecule has 2 unspecified atom stereocenters. The fourth-order valence-corrected chi connectivity index (χ4v) is 3.79. The van der Waals surface area contributed by atoms with Crippen LogP contribution in [0.1, 0.15) is 38.9 Å². The predicted molar refractivity (Wildman–Crippen MR) is 103 cm³/mol. The number of benzene rings is 1. The summed E-state index contributed by atoms with van der Waals surface area (Å²) in [6.07, 6.45) is -1.03. The van der Waals surface area contributed by atoms with E-state index in [1.807, 2.05) is 18.2 Å². The molecule has 8 nitrogen and oxygen atoms in total. The first-order valence-electron chi connectivity index (χ1n) is 8.79. The van der Waals surface area contributed by atoms with E-state index in [1.54, 1.807) is 20.8 Å². The molecule has 2 atom stereocenters. The molecule has 1 aliphatic heterocycles. The summed E-state index contributed by atoms with van der Waals surface area (Å²) in [6, 6.07) is 5.54. The smallest absolute Gasteiger partial charge is 0.413 e. The Labute approximate surface area is 166 Å². The summed E-state index contributed by atoms with van der Waals surface area (Å²) in [6.45, 7) is 5.31. The van der Waals surface area contributed by atoms with Gasteiger partial charge in [-0.15, -0.1) is 0 Å². The Balaban J connectivity index is 1.80. The molecule has 1 aliphatic rings. The number of hydrogen-bond donors (Lipinski definition) is 1. The zero-order chi connectivity index (χ0) is 20.5. The minimum atomic E-state index is -0.889. The van der Waals surface area contributed by atoms with Crippen LogP contribution in [0.5, 0.6) is 0 Å². The highest BCUT2D eigenvalue weighted by Crippen LogP contribution is 2.36. The third kappa shape index (κ3) is 4.48. The van der Waals surface area contributed by atoms with Crippen molar-refractivity contribution in [2.75, 3.05) is 19.0 Å². The van der Waals surface area contributed by atoms with Crippen molar-refractivity contribution in [1.29, 1.82) is 0 Å². The number of nitrogens with zero attached hydrogens (tertiary/aromatic N) is 1. The van der Waals surface area contributed by atoms with Gasteiger partial charge in [0.25, 0.3) is 0 Å². The Morgan fingerprint density at radius 2 is 2.07 bits per heavy atom. The van der Waals surface area contributed by atoms with Crippen LogP contribution in [-0.4, -0.2) is 42.1 Å². The highest BCUT2D eigenvalue weighted by molar-refractivity contribution is 7.22. The zero-order valence-electron chi connectivity index (χ0n) is 16.1. The number of nitrogens with one attached hydrogen (secondary N) is 1. The second kappa shape index (κ2) is 7.84. The minimum Gasteiger partial charge on any atom is -0.468 e. The van der Waals surface area contributed by atoms with E-state index < -0.39 is 29.7 Å². The van der Waals surface area contributed by atoms with Crippen molar-refractivity contribution in [3.8, 4) is 0 Å². The number of carbonyl (C=O) groups is 3. The second-order valence-corrected chi connectivity index (χ2v) is 8.44. The molecule has 28 heavy (non-hydrogen) atoms. The number of amides is 1. The fraction of sp³-hybridized carbons (Fsp3) is 0.474. The zero-order valence-corrected chi connectivity index (χ0v) is 16.9. The minimum absolute atomic E-state index is 0.0281. The van der Waals surface area contributed by atoms with E-state index in [0.717, 1.165) is 10.3 Å². The Kier molecular flexibility index (Phi) is 5.66. The molecule has 150 valence electrons. The number of aromatic nitrogens is 1. The third-order valence-electron chi connectivity index (χ3n) is 4.13. The molecule has 1 aromatic heterocycles. The van der Waals surface area contributed by atoms with Crippen LogP contribution < -0.4 is 5.32 Å². The number of ether oxygens (including phenoxy) is 3. The van der Waals surface area contributed by atoms with Gasteiger partial charge < -0.3 is 14.2 Å². The molecule has 1 amide bonds. The van der Waals surface area contributed by atoms with Gasteiger partial charge >= 0.3 is 12.1 Å². The first kappa shape index (κ1) is 20.2. The molecule has 0 aliphatic carbocycles. The largest absolute Gasteiger partial charge is 0.468 e. The lowest BCUT2D eigenvalue weighted by Crippen LogP contribution is -2.36. The van der Waals surface area contributed by atoms with E-state index in [0.29, 0.717) is 10.6 Å². The number of para-hydroxylation sites is 1. The van der Waals surface area contributed by atoms with Gasteiger partial charge in [0.1, 0.15) is 11.5 Å². The maximum atomic E-state index is 12.3. The monoisotopic (exact) mass is 406 g/mol. The first-order valence-corrected chi connectivity index (χ1v) is 9.61. The molecule has 2 heterocycles. The van der Waals surface area contributed by atoms with Crippen LogP contribution in [0.2, 0.25) is 0 Å². The van der Waals surface area contributed by atoms with Crippen molar-refractivity contribution in [2.24, 2.45) is 5.92 Å². The number of fused-ring (bicyclic) bond motifs is 1. The van der Waals surface area contributed by atoms with E-state index in [2.05, 4.69) is 15.0 Å². The SMILES string of the molecule is COC(=O)C1COC(c2cccc3sc(NC(=O)OC(C)(C)C)nc23)CC1=O. The average Bonchev–Trinajstić information content (AvgIpc) is 3.01. The van der Waals surface area contributed by atoms with Crippen LogP contribution in [0.25, 0.3) is 10.2 Å². The van der Waals surface area contributed by atoms with Gasteiger partial charge in [0.2, 0.25) is 0 Å². The number of ketones is 1. The van der Waals surface area contributed by atoms with Crippen molar-refractivity contribution in [1.82, 2.24) is 4.98 Å². The number of methoxy groups -OCH3 is 1. The number of anilines is 1. The average molecular weight is 406 g/mol. The summed E-state index contributed by atoms with van der Waals surface area (Å²) in [7, 11) is 1.25. The van der Waals surface area contributed by atoms with Gasteiger partial charge in [-0.25, -0.2) is 9.78 Å². The molecule has 3 rings (SSSR count). The number of carbonyl (C=O) groups excluding carboxylic acids is 3. The number of rotatable bonds is 3. The summed E-state index contributed by atoms with van der Waals surface area (Å²) in [4.78, 5) is 40.4. The highest BCUT2D eigenvalue weighted by atomic mass is 32.1. The van der Waals surface area contributed by atoms with E-state index in [4.69, 9.17) is 9.47 Å². The van der Waals surface area contributed by atoms with Crippen LogP contribution >= 0.6 is 11.3 Å². The molecule has 0 saturated carbocycles. The molecule has 1 N–H and O–H groups in total. The molecule has 0 spiro atoms. The summed E-state index contributed by atoms with van der Waals surface area (Å²) in [5.74, 6) is -1.69. The van der Waals surface area contributed by atoms with Gasteiger partial charge in [-0.2, -0.15) is 0 Å². The molecule has 1 aromatic carbocycles. The normalized spacial score (nSPS) is 20.1. The van der Waals surface area contributed by atoms with Crippen molar-refractivity contribution >= 4 is 44.5 Å². The van der Waals surface area contributed by atoms with Crippen LogP contribution in [0, 0.1) is 5.92 Å². The molecular formula is C19H22N2O6S. The van der Waals surface area contributed by atoms with Gasteiger partial charge in [0.05, 0.1) is 30.0 Å². The van der Waals surface area contributed by atoms with Gasteiger partial charge in [0, 0.05) is 12.0 Å². The topological polar surface area (TPSA) is 104 Å². The molecule has 1 fully saturated rings. The van der Waals surface area contributed by atoms with Crippen LogP contribution in [-0.2, 0) is 23.8 Å². The predicted octanol–water partition coefficient (Wildman–Crippen LogP) is 3.46. The van der Waals surface area contributed by atoms with Crippen molar-refractivity contribution in [2.45, 2.75) is 38.9 Å². The van der Waals surface area contributed by atoms with Crippen molar-refractivity contribution in [3.63, 3.8) is 0 Å².